The van der Waals surface area contributed by atoms with Crippen LogP contribution >= 0.6 is 31.9 Å². The number of nitrogens with one attached hydrogen (secondary N) is 1. The van der Waals surface area contributed by atoms with Gasteiger partial charge in [-0.2, -0.15) is 5.10 Å². The van der Waals surface area contributed by atoms with Crippen molar-refractivity contribution >= 4 is 43.8 Å². The van der Waals surface area contributed by atoms with E-state index in [-0.39, 0.29) is 0 Å². The summed E-state index contributed by atoms with van der Waals surface area (Å²) in [5.74, 6) is 0.754. The molecule has 0 amide bonds. The predicted molar refractivity (Wildman–Crippen MR) is 95.5 cm³/mol. The zero-order valence-electron chi connectivity index (χ0n) is 12.1. The summed E-state index contributed by atoms with van der Waals surface area (Å²) in [6.07, 6.45) is 1.74. The molecule has 2 rings (SSSR count). The maximum Gasteiger partial charge on any atom is 0.141 e. The highest BCUT2D eigenvalue weighted by Crippen LogP contribution is 2.31. The molecule has 0 aliphatic heterocycles. The molecule has 0 bridgehead atoms. The molecule has 0 spiro atoms. The summed E-state index contributed by atoms with van der Waals surface area (Å²) in [7, 11) is 1.64. The van der Waals surface area contributed by atoms with Gasteiger partial charge in [0.15, 0.2) is 0 Å². The van der Waals surface area contributed by atoms with E-state index in [1.807, 2.05) is 18.2 Å². The Kier molecular flexibility index (Phi) is 5.42. The SMILES string of the molecule is COc1c(Br)cc(Br)cc1/C=N/Nc1ccc(C)c(C)c1. The van der Waals surface area contributed by atoms with Crippen LogP contribution < -0.4 is 10.2 Å². The highest BCUT2D eigenvalue weighted by Gasteiger charge is 2.07. The van der Waals surface area contributed by atoms with E-state index in [0.717, 1.165) is 25.9 Å². The lowest BCUT2D eigenvalue weighted by Crippen LogP contribution is -1.95. The van der Waals surface area contributed by atoms with E-state index in [9.17, 15) is 0 Å². The molecule has 0 saturated heterocycles. The highest BCUT2D eigenvalue weighted by molar-refractivity contribution is 9.11. The Labute approximate surface area is 141 Å². The van der Waals surface area contributed by atoms with Crippen LogP contribution in [-0.4, -0.2) is 13.3 Å². The maximum absolute atomic E-state index is 5.38. The number of halogens is 2. The van der Waals surface area contributed by atoms with E-state index in [4.69, 9.17) is 4.74 Å². The van der Waals surface area contributed by atoms with Crippen LogP contribution in [0.25, 0.3) is 0 Å². The first-order valence-electron chi connectivity index (χ1n) is 6.40. The number of ether oxygens (including phenoxy) is 1. The average molecular weight is 412 g/mol. The van der Waals surface area contributed by atoms with Crippen molar-refractivity contribution in [2.45, 2.75) is 13.8 Å². The predicted octanol–water partition coefficient (Wildman–Crippen LogP) is 5.28. The zero-order valence-corrected chi connectivity index (χ0v) is 15.2. The molecule has 0 aromatic heterocycles. The number of benzene rings is 2. The quantitative estimate of drug-likeness (QED) is 0.548. The van der Waals surface area contributed by atoms with Crippen molar-refractivity contribution in [1.29, 1.82) is 0 Å². The van der Waals surface area contributed by atoms with E-state index >= 15 is 0 Å². The molecule has 110 valence electrons. The third-order valence-corrected chi connectivity index (χ3v) is 4.19. The zero-order chi connectivity index (χ0) is 15.4. The van der Waals surface area contributed by atoms with Crippen LogP contribution in [0.15, 0.2) is 44.4 Å². The molecule has 0 radical (unpaired) electrons. The van der Waals surface area contributed by atoms with Gasteiger partial charge in [0.1, 0.15) is 5.75 Å². The molecule has 1 N–H and O–H groups in total. The lowest BCUT2D eigenvalue weighted by molar-refractivity contribution is 0.411. The lowest BCUT2D eigenvalue weighted by atomic mass is 10.1. The Hall–Kier alpha value is -1.33. The third-order valence-electron chi connectivity index (χ3n) is 3.15. The number of rotatable bonds is 4. The van der Waals surface area contributed by atoms with E-state index < -0.39 is 0 Å². The summed E-state index contributed by atoms with van der Waals surface area (Å²) in [5.41, 5.74) is 7.38. The average Bonchev–Trinajstić information content (AvgIpc) is 2.42. The Morgan fingerprint density at radius 2 is 1.86 bits per heavy atom. The normalized spacial score (nSPS) is 10.9. The fourth-order valence-corrected chi connectivity index (χ4v) is 3.30. The number of methoxy groups -OCH3 is 1. The van der Waals surface area contributed by atoms with Crippen LogP contribution in [0.5, 0.6) is 5.75 Å². The number of aryl methyl sites for hydroxylation is 2. The van der Waals surface area contributed by atoms with Crippen LogP contribution in [0.3, 0.4) is 0 Å². The minimum Gasteiger partial charge on any atom is -0.495 e. The summed E-state index contributed by atoms with van der Waals surface area (Å²) >= 11 is 6.94. The largest absolute Gasteiger partial charge is 0.495 e. The van der Waals surface area contributed by atoms with Crippen molar-refractivity contribution in [3.8, 4) is 5.75 Å². The molecule has 0 heterocycles. The van der Waals surface area contributed by atoms with Crippen LogP contribution in [0, 0.1) is 13.8 Å². The van der Waals surface area contributed by atoms with Crippen molar-refractivity contribution in [1.82, 2.24) is 0 Å². The van der Waals surface area contributed by atoms with Gasteiger partial charge in [0.25, 0.3) is 0 Å². The van der Waals surface area contributed by atoms with E-state index in [2.05, 4.69) is 68.4 Å². The summed E-state index contributed by atoms with van der Waals surface area (Å²) in [6, 6.07) is 10.0. The van der Waals surface area contributed by atoms with Crippen LogP contribution in [0.1, 0.15) is 16.7 Å². The van der Waals surface area contributed by atoms with Crippen LogP contribution in [0.2, 0.25) is 0 Å². The van der Waals surface area contributed by atoms with Gasteiger partial charge < -0.3 is 4.74 Å². The van der Waals surface area contributed by atoms with Crippen molar-refractivity contribution < 1.29 is 4.74 Å². The molecule has 2 aromatic rings. The van der Waals surface area contributed by atoms with Crippen molar-refractivity contribution in [3.63, 3.8) is 0 Å². The topological polar surface area (TPSA) is 33.6 Å². The third kappa shape index (κ3) is 4.08. The standard InChI is InChI=1S/C16H16Br2N2O/c1-10-4-5-14(6-11(10)2)20-19-9-12-7-13(17)8-15(18)16(12)21-3/h4-9,20H,1-3H3/b19-9+. The Morgan fingerprint density at radius 1 is 1.10 bits per heavy atom. The molecule has 5 heteroatoms. The van der Waals surface area contributed by atoms with Gasteiger partial charge in [0.05, 0.1) is 23.5 Å². The molecular formula is C16H16Br2N2O. The van der Waals surface area contributed by atoms with Crippen molar-refractivity contribution in [3.05, 3.63) is 56.0 Å². The van der Waals surface area contributed by atoms with Gasteiger partial charge in [-0.3, -0.25) is 5.43 Å². The Bertz CT molecular complexity index is 684. The van der Waals surface area contributed by atoms with Gasteiger partial charge in [0.2, 0.25) is 0 Å². The molecule has 0 fully saturated rings. The number of anilines is 1. The van der Waals surface area contributed by atoms with Gasteiger partial charge >= 0.3 is 0 Å². The van der Waals surface area contributed by atoms with Gasteiger partial charge in [-0.15, -0.1) is 0 Å². The first kappa shape index (κ1) is 16.0. The summed E-state index contributed by atoms with van der Waals surface area (Å²) in [5, 5.41) is 4.28. The van der Waals surface area contributed by atoms with Crippen molar-refractivity contribution in [2.75, 3.05) is 12.5 Å². The summed E-state index contributed by atoms with van der Waals surface area (Å²) in [6.45, 7) is 4.17. The summed E-state index contributed by atoms with van der Waals surface area (Å²) < 4.78 is 7.22. The fraction of sp³-hybridized carbons (Fsp3) is 0.188. The molecular weight excluding hydrogens is 396 g/mol. The van der Waals surface area contributed by atoms with Gasteiger partial charge in [-0.1, -0.05) is 22.0 Å². The molecule has 0 aliphatic rings. The van der Waals surface area contributed by atoms with Gasteiger partial charge in [-0.05, 0) is 65.2 Å². The minimum atomic E-state index is 0.754. The Morgan fingerprint density at radius 3 is 2.52 bits per heavy atom. The first-order valence-corrected chi connectivity index (χ1v) is 7.99. The molecule has 21 heavy (non-hydrogen) atoms. The molecule has 0 atom stereocenters. The van der Waals surface area contributed by atoms with E-state index in [1.165, 1.54) is 11.1 Å². The van der Waals surface area contributed by atoms with Gasteiger partial charge in [-0.25, -0.2) is 0 Å². The second-order valence-corrected chi connectivity index (χ2v) is 6.45. The van der Waals surface area contributed by atoms with Gasteiger partial charge in [0, 0.05) is 10.0 Å². The van der Waals surface area contributed by atoms with Crippen molar-refractivity contribution in [2.24, 2.45) is 5.10 Å². The number of hydrogen-bond donors (Lipinski definition) is 1. The second-order valence-electron chi connectivity index (χ2n) is 4.68. The van der Waals surface area contributed by atoms with Crippen LogP contribution in [-0.2, 0) is 0 Å². The molecule has 0 unspecified atom stereocenters. The van der Waals surface area contributed by atoms with E-state index in [1.54, 1.807) is 13.3 Å². The number of nitrogens with zero attached hydrogens (tertiary/aromatic N) is 1. The highest BCUT2D eigenvalue weighted by atomic mass is 79.9. The molecule has 3 nitrogen and oxygen atoms in total. The molecule has 0 aliphatic carbocycles. The lowest BCUT2D eigenvalue weighted by Gasteiger charge is -2.08. The smallest absolute Gasteiger partial charge is 0.141 e. The first-order chi connectivity index (χ1) is 10.0. The fourth-order valence-electron chi connectivity index (χ4n) is 1.88. The molecule has 0 saturated carbocycles. The monoisotopic (exact) mass is 410 g/mol. The molecule has 2 aromatic carbocycles. The maximum atomic E-state index is 5.38. The number of hydrogen-bond acceptors (Lipinski definition) is 3. The number of hydrazone groups is 1. The van der Waals surface area contributed by atoms with E-state index in [0.29, 0.717) is 0 Å². The second kappa shape index (κ2) is 7.09. The minimum absolute atomic E-state index is 0.754. The summed E-state index contributed by atoms with van der Waals surface area (Å²) in [4.78, 5) is 0. The van der Waals surface area contributed by atoms with Crippen LogP contribution in [0.4, 0.5) is 5.69 Å². The Balaban J connectivity index is 2.19.